The lowest BCUT2D eigenvalue weighted by molar-refractivity contribution is 0.0949. The van der Waals surface area contributed by atoms with Crippen LogP contribution in [-0.4, -0.2) is 39.8 Å². The summed E-state index contributed by atoms with van der Waals surface area (Å²) in [5, 5.41) is 10.9. The monoisotopic (exact) mass is 322 g/mol. The van der Waals surface area contributed by atoms with Crippen molar-refractivity contribution in [2.45, 2.75) is 6.54 Å². The minimum atomic E-state index is -0.178. The Morgan fingerprint density at radius 3 is 2.75 bits per heavy atom. The van der Waals surface area contributed by atoms with Gasteiger partial charge in [-0.1, -0.05) is 18.2 Å². The molecule has 7 nitrogen and oxygen atoms in total. The summed E-state index contributed by atoms with van der Waals surface area (Å²) >= 11 is 0. The van der Waals surface area contributed by atoms with Crippen molar-refractivity contribution in [3.8, 4) is 5.69 Å². The third-order valence-corrected chi connectivity index (χ3v) is 3.53. The summed E-state index contributed by atoms with van der Waals surface area (Å²) in [6.07, 6.45) is 3.25. The minimum Gasteiger partial charge on any atom is -0.363 e. The fraction of sp³-hybridized carbons (Fsp3) is 0.176. The van der Waals surface area contributed by atoms with E-state index in [4.69, 9.17) is 0 Å². The molecule has 24 heavy (non-hydrogen) atoms. The van der Waals surface area contributed by atoms with Crippen molar-refractivity contribution in [2.24, 2.45) is 0 Å². The summed E-state index contributed by atoms with van der Waals surface area (Å²) in [5.41, 5.74) is 1.50. The molecule has 1 aromatic carbocycles. The largest absolute Gasteiger partial charge is 0.363 e. The zero-order valence-electron chi connectivity index (χ0n) is 13.5. The summed E-state index contributed by atoms with van der Waals surface area (Å²) in [5.74, 6) is 1.22. The van der Waals surface area contributed by atoms with Crippen LogP contribution in [0.3, 0.4) is 0 Å². The van der Waals surface area contributed by atoms with Gasteiger partial charge in [-0.15, -0.1) is 10.2 Å². The first-order chi connectivity index (χ1) is 11.6. The normalized spacial score (nSPS) is 10.4. The van der Waals surface area contributed by atoms with Gasteiger partial charge >= 0.3 is 0 Å². The SMILES string of the molecule is CN(C)c1cc(C(=O)NCc2nncn2-c2ccccc2)ccn1. The molecule has 0 saturated carbocycles. The zero-order valence-corrected chi connectivity index (χ0v) is 13.5. The van der Waals surface area contributed by atoms with Gasteiger partial charge < -0.3 is 10.2 Å². The molecule has 2 heterocycles. The highest BCUT2D eigenvalue weighted by molar-refractivity contribution is 5.94. The van der Waals surface area contributed by atoms with Crippen LogP contribution in [0.4, 0.5) is 5.82 Å². The number of benzene rings is 1. The van der Waals surface area contributed by atoms with E-state index in [1.807, 2.05) is 53.9 Å². The number of hydrogen-bond acceptors (Lipinski definition) is 5. The van der Waals surface area contributed by atoms with Crippen molar-refractivity contribution >= 4 is 11.7 Å². The molecular weight excluding hydrogens is 304 g/mol. The number of aromatic nitrogens is 4. The average Bonchev–Trinajstić information content (AvgIpc) is 3.09. The fourth-order valence-corrected chi connectivity index (χ4v) is 2.25. The Bertz CT molecular complexity index is 828. The van der Waals surface area contributed by atoms with Gasteiger partial charge in [0.2, 0.25) is 0 Å². The molecule has 1 amide bonds. The van der Waals surface area contributed by atoms with Crippen LogP contribution in [0.25, 0.3) is 5.69 Å². The summed E-state index contributed by atoms with van der Waals surface area (Å²) in [7, 11) is 3.76. The van der Waals surface area contributed by atoms with Crippen LogP contribution in [0.15, 0.2) is 55.0 Å². The van der Waals surface area contributed by atoms with E-state index in [0.717, 1.165) is 11.5 Å². The van der Waals surface area contributed by atoms with E-state index in [1.165, 1.54) is 0 Å². The average molecular weight is 322 g/mol. The van der Waals surface area contributed by atoms with Crippen LogP contribution < -0.4 is 10.2 Å². The van der Waals surface area contributed by atoms with Gasteiger partial charge in [0.25, 0.3) is 5.91 Å². The van der Waals surface area contributed by atoms with Crippen LogP contribution in [0.2, 0.25) is 0 Å². The van der Waals surface area contributed by atoms with Crippen molar-refractivity contribution in [3.05, 3.63) is 66.4 Å². The third-order valence-electron chi connectivity index (χ3n) is 3.53. The Balaban J connectivity index is 1.72. The number of carbonyl (C=O) groups excluding carboxylic acids is 1. The first-order valence-electron chi connectivity index (χ1n) is 7.51. The molecule has 0 aliphatic carbocycles. The molecule has 122 valence electrons. The number of nitrogens with zero attached hydrogens (tertiary/aromatic N) is 5. The number of nitrogens with one attached hydrogen (secondary N) is 1. The maximum Gasteiger partial charge on any atom is 0.251 e. The lowest BCUT2D eigenvalue weighted by Gasteiger charge is -2.12. The Morgan fingerprint density at radius 1 is 1.21 bits per heavy atom. The van der Waals surface area contributed by atoms with Gasteiger partial charge in [-0.05, 0) is 24.3 Å². The van der Waals surface area contributed by atoms with Gasteiger partial charge in [-0.25, -0.2) is 4.98 Å². The van der Waals surface area contributed by atoms with Crippen molar-refractivity contribution in [2.75, 3.05) is 19.0 Å². The van der Waals surface area contributed by atoms with Crippen LogP contribution in [-0.2, 0) is 6.54 Å². The quantitative estimate of drug-likeness (QED) is 0.773. The molecule has 0 bridgehead atoms. The first kappa shape index (κ1) is 15.7. The molecule has 7 heteroatoms. The number of hydrogen-bond donors (Lipinski definition) is 1. The molecule has 0 atom stereocenters. The maximum atomic E-state index is 12.3. The van der Waals surface area contributed by atoms with E-state index >= 15 is 0 Å². The number of rotatable bonds is 5. The topological polar surface area (TPSA) is 75.9 Å². The first-order valence-corrected chi connectivity index (χ1v) is 7.51. The van der Waals surface area contributed by atoms with Crippen LogP contribution in [0, 0.1) is 0 Å². The van der Waals surface area contributed by atoms with E-state index < -0.39 is 0 Å². The van der Waals surface area contributed by atoms with Crippen LogP contribution in [0.1, 0.15) is 16.2 Å². The van der Waals surface area contributed by atoms with Crippen molar-refractivity contribution in [3.63, 3.8) is 0 Å². The number of pyridine rings is 1. The van der Waals surface area contributed by atoms with Crippen LogP contribution in [0.5, 0.6) is 0 Å². The maximum absolute atomic E-state index is 12.3. The number of carbonyl (C=O) groups is 1. The van der Waals surface area contributed by atoms with Gasteiger partial charge in [-0.2, -0.15) is 0 Å². The smallest absolute Gasteiger partial charge is 0.251 e. The lowest BCUT2D eigenvalue weighted by atomic mass is 10.2. The van der Waals surface area contributed by atoms with Crippen molar-refractivity contribution in [1.82, 2.24) is 25.1 Å². The highest BCUT2D eigenvalue weighted by Crippen LogP contribution is 2.11. The highest BCUT2D eigenvalue weighted by Gasteiger charge is 2.11. The lowest BCUT2D eigenvalue weighted by Crippen LogP contribution is -2.25. The second-order valence-electron chi connectivity index (χ2n) is 5.43. The highest BCUT2D eigenvalue weighted by atomic mass is 16.1. The Kier molecular flexibility index (Phi) is 4.51. The predicted molar refractivity (Wildman–Crippen MR) is 91.1 cm³/mol. The molecule has 0 fully saturated rings. The summed E-state index contributed by atoms with van der Waals surface area (Å²) in [6.45, 7) is 0.285. The van der Waals surface area contributed by atoms with Crippen molar-refractivity contribution in [1.29, 1.82) is 0 Å². The van der Waals surface area contributed by atoms with E-state index in [0.29, 0.717) is 11.4 Å². The molecule has 2 aromatic heterocycles. The van der Waals surface area contributed by atoms with E-state index in [-0.39, 0.29) is 12.5 Å². The molecular formula is C17H18N6O. The second kappa shape index (κ2) is 6.91. The van der Waals surface area contributed by atoms with Crippen molar-refractivity contribution < 1.29 is 4.79 Å². The van der Waals surface area contributed by atoms with Gasteiger partial charge in [0.15, 0.2) is 5.82 Å². The fourth-order valence-electron chi connectivity index (χ4n) is 2.25. The second-order valence-corrected chi connectivity index (χ2v) is 5.43. The van der Waals surface area contributed by atoms with Gasteiger partial charge in [0, 0.05) is 31.5 Å². The molecule has 1 N–H and O–H groups in total. The summed E-state index contributed by atoms with van der Waals surface area (Å²) in [4.78, 5) is 18.4. The molecule has 3 aromatic rings. The Morgan fingerprint density at radius 2 is 2.00 bits per heavy atom. The molecule has 0 aliphatic rings. The molecule has 0 aliphatic heterocycles. The summed E-state index contributed by atoms with van der Waals surface area (Å²) < 4.78 is 1.85. The molecule has 3 rings (SSSR count). The Hall–Kier alpha value is -3.22. The molecule has 0 spiro atoms. The van der Waals surface area contributed by atoms with Gasteiger partial charge in [0.05, 0.1) is 6.54 Å². The zero-order chi connectivity index (χ0) is 16.9. The van der Waals surface area contributed by atoms with Crippen LogP contribution >= 0.6 is 0 Å². The van der Waals surface area contributed by atoms with E-state index in [2.05, 4.69) is 20.5 Å². The predicted octanol–water partition coefficient (Wildman–Crippen LogP) is 1.66. The Labute approximate surface area is 140 Å². The van der Waals surface area contributed by atoms with Gasteiger partial charge in [0.1, 0.15) is 12.1 Å². The third kappa shape index (κ3) is 3.40. The minimum absolute atomic E-state index is 0.178. The molecule has 0 saturated heterocycles. The van der Waals surface area contributed by atoms with E-state index in [1.54, 1.807) is 24.7 Å². The summed E-state index contributed by atoms with van der Waals surface area (Å²) in [6, 6.07) is 13.2. The molecule has 0 unspecified atom stereocenters. The number of amides is 1. The number of anilines is 1. The molecule has 0 radical (unpaired) electrons. The number of para-hydroxylation sites is 1. The van der Waals surface area contributed by atoms with E-state index in [9.17, 15) is 4.79 Å². The van der Waals surface area contributed by atoms with Gasteiger partial charge in [-0.3, -0.25) is 9.36 Å². The standard InChI is InChI=1S/C17H18N6O/c1-22(2)15-10-13(8-9-18-15)17(24)19-11-16-21-20-12-23(16)14-6-4-3-5-7-14/h3-10,12H,11H2,1-2H3,(H,19,24).